The summed E-state index contributed by atoms with van der Waals surface area (Å²) in [4.78, 5) is 11.8. The van der Waals surface area contributed by atoms with Crippen molar-refractivity contribution < 1.29 is 9.53 Å². The molecule has 0 atom stereocenters. The number of Topliss-reactive ketones (excluding diaryl/α,β-unsaturated/α-hetero) is 1. The zero-order valence-corrected chi connectivity index (χ0v) is 12.9. The first kappa shape index (κ1) is 16.6. The third kappa shape index (κ3) is 7.25. The first-order valence-electron chi connectivity index (χ1n) is 7.40. The van der Waals surface area contributed by atoms with Gasteiger partial charge in [0.25, 0.3) is 0 Å². The highest BCUT2D eigenvalue weighted by atomic mass is 16.5. The van der Waals surface area contributed by atoms with Gasteiger partial charge in [-0.25, -0.2) is 0 Å². The van der Waals surface area contributed by atoms with Crippen LogP contribution in [-0.2, 0) is 4.74 Å². The van der Waals surface area contributed by atoms with Crippen LogP contribution >= 0.6 is 0 Å². The monoisotopic (exact) mass is 274 g/mol. The Morgan fingerprint density at radius 1 is 1.10 bits per heavy atom. The van der Waals surface area contributed by atoms with E-state index in [1.807, 2.05) is 31.2 Å². The minimum absolute atomic E-state index is 0.0644. The van der Waals surface area contributed by atoms with Gasteiger partial charge in [-0.15, -0.1) is 0 Å². The number of rotatable bonds is 9. The standard InChI is InChI=1S/C18H26O2/c1-15(2)8-6-4-5-7-13-20-14-18(19)17-11-9-16(3)10-12-17/h8-12H,4-7,13-14H2,1-3H3. The summed E-state index contributed by atoms with van der Waals surface area (Å²) in [6.45, 7) is 7.13. The normalized spacial score (nSPS) is 10.3. The fourth-order valence-electron chi connectivity index (χ4n) is 1.90. The van der Waals surface area contributed by atoms with Crippen LogP contribution in [0.3, 0.4) is 0 Å². The van der Waals surface area contributed by atoms with Gasteiger partial charge in [-0.2, -0.15) is 0 Å². The van der Waals surface area contributed by atoms with Gasteiger partial charge in [0, 0.05) is 12.2 Å². The highest BCUT2D eigenvalue weighted by molar-refractivity contribution is 5.97. The molecule has 1 aromatic carbocycles. The van der Waals surface area contributed by atoms with Gasteiger partial charge in [-0.1, -0.05) is 47.9 Å². The van der Waals surface area contributed by atoms with Gasteiger partial charge in [0.2, 0.25) is 0 Å². The molecule has 1 rings (SSSR count). The Bertz CT molecular complexity index is 425. The van der Waals surface area contributed by atoms with Crippen LogP contribution in [0.15, 0.2) is 35.9 Å². The van der Waals surface area contributed by atoms with Crippen LogP contribution in [0.25, 0.3) is 0 Å². The number of aryl methyl sites for hydroxylation is 1. The lowest BCUT2D eigenvalue weighted by molar-refractivity contribution is 0.0752. The molecule has 2 heteroatoms. The fourth-order valence-corrected chi connectivity index (χ4v) is 1.90. The molecule has 20 heavy (non-hydrogen) atoms. The minimum Gasteiger partial charge on any atom is -0.373 e. The van der Waals surface area contributed by atoms with Crippen LogP contribution in [0, 0.1) is 6.92 Å². The molecule has 0 heterocycles. The molecule has 0 aliphatic heterocycles. The zero-order valence-electron chi connectivity index (χ0n) is 12.9. The second kappa shape index (κ2) is 9.49. The number of ether oxygens (including phenoxy) is 1. The van der Waals surface area contributed by atoms with Gasteiger partial charge in [0.15, 0.2) is 5.78 Å². The van der Waals surface area contributed by atoms with E-state index >= 15 is 0 Å². The summed E-state index contributed by atoms with van der Waals surface area (Å²) in [5, 5.41) is 0. The number of carbonyl (C=O) groups is 1. The van der Waals surface area contributed by atoms with Crippen molar-refractivity contribution in [2.24, 2.45) is 0 Å². The molecule has 0 aromatic heterocycles. The maximum atomic E-state index is 11.8. The number of allylic oxidation sites excluding steroid dienone is 2. The van der Waals surface area contributed by atoms with Crippen molar-refractivity contribution in [3.05, 3.63) is 47.0 Å². The molecular formula is C18H26O2. The van der Waals surface area contributed by atoms with Crippen LogP contribution in [0.2, 0.25) is 0 Å². The molecule has 0 bridgehead atoms. The Balaban J connectivity index is 2.08. The Kier molecular flexibility index (Phi) is 7.89. The van der Waals surface area contributed by atoms with Crippen LogP contribution in [0.1, 0.15) is 55.5 Å². The maximum absolute atomic E-state index is 11.8. The van der Waals surface area contributed by atoms with Gasteiger partial charge in [-0.3, -0.25) is 4.79 Å². The van der Waals surface area contributed by atoms with E-state index in [0.29, 0.717) is 6.61 Å². The fraction of sp³-hybridized carbons (Fsp3) is 0.500. The number of carbonyl (C=O) groups excluding carboxylic acids is 1. The molecule has 0 N–H and O–H groups in total. The number of hydrogen-bond acceptors (Lipinski definition) is 2. The van der Waals surface area contributed by atoms with Gasteiger partial charge in [0.1, 0.15) is 6.61 Å². The summed E-state index contributed by atoms with van der Waals surface area (Å²) < 4.78 is 5.44. The van der Waals surface area contributed by atoms with Gasteiger partial charge >= 0.3 is 0 Å². The Labute approximate surface area is 122 Å². The van der Waals surface area contributed by atoms with E-state index in [0.717, 1.165) is 24.8 Å². The average Bonchev–Trinajstić information content (AvgIpc) is 2.42. The second-order valence-corrected chi connectivity index (χ2v) is 5.47. The lowest BCUT2D eigenvalue weighted by Crippen LogP contribution is -2.09. The van der Waals surface area contributed by atoms with Crippen molar-refractivity contribution >= 4 is 5.78 Å². The van der Waals surface area contributed by atoms with E-state index in [9.17, 15) is 4.79 Å². The van der Waals surface area contributed by atoms with E-state index in [1.54, 1.807) is 0 Å². The van der Waals surface area contributed by atoms with Crippen molar-refractivity contribution in [3.8, 4) is 0 Å². The van der Waals surface area contributed by atoms with E-state index in [-0.39, 0.29) is 12.4 Å². The van der Waals surface area contributed by atoms with Crippen molar-refractivity contribution in [2.45, 2.75) is 46.5 Å². The van der Waals surface area contributed by atoms with E-state index in [4.69, 9.17) is 4.74 Å². The number of ketones is 1. The van der Waals surface area contributed by atoms with E-state index in [2.05, 4.69) is 19.9 Å². The molecule has 0 aliphatic rings. The van der Waals surface area contributed by atoms with Crippen molar-refractivity contribution in [2.75, 3.05) is 13.2 Å². The molecule has 0 radical (unpaired) electrons. The summed E-state index contributed by atoms with van der Waals surface area (Å²) in [5.41, 5.74) is 3.28. The first-order chi connectivity index (χ1) is 9.59. The third-order valence-electron chi connectivity index (χ3n) is 3.15. The molecule has 0 aliphatic carbocycles. The number of hydrogen-bond donors (Lipinski definition) is 0. The lowest BCUT2D eigenvalue weighted by atomic mass is 10.1. The lowest BCUT2D eigenvalue weighted by Gasteiger charge is -2.04. The Morgan fingerprint density at radius 2 is 1.80 bits per heavy atom. The first-order valence-corrected chi connectivity index (χ1v) is 7.40. The zero-order chi connectivity index (χ0) is 14.8. The van der Waals surface area contributed by atoms with Crippen LogP contribution in [0.5, 0.6) is 0 Å². The summed E-state index contributed by atoms with van der Waals surface area (Å²) in [6.07, 6.45) is 6.78. The van der Waals surface area contributed by atoms with Crippen molar-refractivity contribution in [3.63, 3.8) is 0 Å². The molecule has 0 saturated carbocycles. The highest BCUT2D eigenvalue weighted by Crippen LogP contribution is 2.06. The van der Waals surface area contributed by atoms with Crippen LogP contribution < -0.4 is 0 Å². The van der Waals surface area contributed by atoms with Gasteiger partial charge in [0.05, 0.1) is 0 Å². The smallest absolute Gasteiger partial charge is 0.188 e. The molecule has 0 amide bonds. The van der Waals surface area contributed by atoms with Crippen molar-refractivity contribution in [1.29, 1.82) is 0 Å². The predicted octanol–water partition coefficient (Wildman–Crippen LogP) is 4.72. The molecule has 0 spiro atoms. The van der Waals surface area contributed by atoms with Gasteiger partial charge in [-0.05, 0) is 40.0 Å². The summed E-state index contributed by atoms with van der Waals surface area (Å²) in [7, 11) is 0. The van der Waals surface area contributed by atoms with E-state index in [1.165, 1.54) is 17.6 Å². The SMILES string of the molecule is CC(C)=CCCCCCOCC(=O)c1ccc(C)cc1. The van der Waals surface area contributed by atoms with E-state index < -0.39 is 0 Å². The molecule has 0 fully saturated rings. The number of benzene rings is 1. The topological polar surface area (TPSA) is 26.3 Å². The highest BCUT2D eigenvalue weighted by Gasteiger charge is 2.04. The molecule has 2 nitrogen and oxygen atoms in total. The molecule has 0 saturated heterocycles. The summed E-state index contributed by atoms with van der Waals surface area (Å²) in [6, 6.07) is 7.63. The van der Waals surface area contributed by atoms with Crippen LogP contribution in [-0.4, -0.2) is 19.0 Å². The summed E-state index contributed by atoms with van der Waals surface area (Å²) >= 11 is 0. The summed E-state index contributed by atoms with van der Waals surface area (Å²) in [5.74, 6) is 0.0644. The Morgan fingerprint density at radius 3 is 2.45 bits per heavy atom. The second-order valence-electron chi connectivity index (χ2n) is 5.47. The van der Waals surface area contributed by atoms with Crippen molar-refractivity contribution in [1.82, 2.24) is 0 Å². The third-order valence-corrected chi connectivity index (χ3v) is 3.15. The average molecular weight is 274 g/mol. The molecular weight excluding hydrogens is 248 g/mol. The largest absolute Gasteiger partial charge is 0.373 e. The molecule has 1 aromatic rings. The molecule has 110 valence electrons. The quantitative estimate of drug-likeness (QED) is 0.370. The van der Waals surface area contributed by atoms with Crippen LogP contribution in [0.4, 0.5) is 0 Å². The number of unbranched alkanes of at least 4 members (excludes halogenated alkanes) is 3. The maximum Gasteiger partial charge on any atom is 0.188 e. The Hall–Kier alpha value is -1.41. The minimum atomic E-state index is 0.0644. The van der Waals surface area contributed by atoms with Gasteiger partial charge < -0.3 is 4.74 Å². The molecule has 0 unspecified atom stereocenters. The predicted molar refractivity (Wildman–Crippen MR) is 84.2 cm³/mol.